The van der Waals surface area contributed by atoms with Crippen LogP contribution >= 0.6 is 0 Å². The third kappa shape index (κ3) is 5.10. The molecule has 0 spiro atoms. The SMILES string of the molecule is COc1ccc(CC2(CCC(=O)NCC3OCCc4ccccc43)CCC(=O)N2)c(F)c1. The number of ether oxygens (including phenoxy) is 2. The van der Waals surface area contributed by atoms with Crippen molar-refractivity contribution in [2.24, 2.45) is 0 Å². The fraction of sp³-hybridized carbons (Fsp3) is 0.440. The fourth-order valence-corrected chi connectivity index (χ4v) is 4.64. The van der Waals surface area contributed by atoms with E-state index in [0.29, 0.717) is 50.1 Å². The van der Waals surface area contributed by atoms with Gasteiger partial charge in [-0.1, -0.05) is 30.3 Å². The highest BCUT2D eigenvalue weighted by molar-refractivity contribution is 5.80. The second kappa shape index (κ2) is 9.69. The lowest BCUT2D eigenvalue weighted by Gasteiger charge is -2.30. The van der Waals surface area contributed by atoms with Gasteiger partial charge in [-0.2, -0.15) is 0 Å². The molecule has 0 bridgehead atoms. The number of amides is 2. The van der Waals surface area contributed by atoms with E-state index < -0.39 is 5.54 Å². The van der Waals surface area contributed by atoms with Crippen molar-refractivity contribution >= 4 is 11.8 Å². The van der Waals surface area contributed by atoms with Crippen molar-refractivity contribution in [2.75, 3.05) is 20.3 Å². The van der Waals surface area contributed by atoms with Gasteiger partial charge >= 0.3 is 0 Å². The molecule has 0 aromatic heterocycles. The summed E-state index contributed by atoms with van der Waals surface area (Å²) in [5, 5.41) is 5.97. The minimum absolute atomic E-state index is 0.0634. The molecule has 2 atom stereocenters. The van der Waals surface area contributed by atoms with Crippen LogP contribution in [0.5, 0.6) is 5.75 Å². The number of halogens is 1. The molecule has 0 radical (unpaired) electrons. The fourth-order valence-electron chi connectivity index (χ4n) is 4.64. The van der Waals surface area contributed by atoms with Gasteiger partial charge in [0.15, 0.2) is 0 Å². The number of methoxy groups -OCH3 is 1. The summed E-state index contributed by atoms with van der Waals surface area (Å²) >= 11 is 0. The molecule has 0 aliphatic carbocycles. The maximum absolute atomic E-state index is 14.5. The average Bonchev–Trinajstić information content (AvgIpc) is 3.18. The minimum Gasteiger partial charge on any atom is -0.497 e. The number of hydrogen-bond donors (Lipinski definition) is 2. The lowest BCUT2D eigenvalue weighted by Crippen LogP contribution is -2.45. The van der Waals surface area contributed by atoms with Gasteiger partial charge in [0.25, 0.3) is 0 Å². The van der Waals surface area contributed by atoms with Gasteiger partial charge in [-0.3, -0.25) is 9.59 Å². The molecule has 2 heterocycles. The van der Waals surface area contributed by atoms with Gasteiger partial charge in [0, 0.05) is 31.0 Å². The number of rotatable bonds is 8. The molecule has 2 aromatic rings. The molecule has 7 heteroatoms. The van der Waals surface area contributed by atoms with E-state index in [1.165, 1.54) is 18.7 Å². The Labute approximate surface area is 187 Å². The van der Waals surface area contributed by atoms with Crippen molar-refractivity contribution in [2.45, 2.75) is 50.2 Å². The number of carbonyl (C=O) groups is 2. The van der Waals surface area contributed by atoms with Gasteiger partial charge in [-0.25, -0.2) is 4.39 Å². The molecule has 2 N–H and O–H groups in total. The van der Waals surface area contributed by atoms with E-state index in [1.807, 2.05) is 18.2 Å². The summed E-state index contributed by atoms with van der Waals surface area (Å²) < 4.78 is 25.4. The third-order valence-electron chi connectivity index (χ3n) is 6.43. The van der Waals surface area contributed by atoms with Crippen molar-refractivity contribution in [1.29, 1.82) is 0 Å². The molecule has 2 amide bonds. The summed E-state index contributed by atoms with van der Waals surface area (Å²) in [4.78, 5) is 24.6. The van der Waals surface area contributed by atoms with Crippen LogP contribution in [-0.2, 0) is 27.2 Å². The van der Waals surface area contributed by atoms with Crippen LogP contribution in [0.3, 0.4) is 0 Å². The van der Waals surface area contributed by atoms with Gasteiger partial charge in [0.05, 0.1) is 13.7 Å². The number of nitrogens with one attached hydrogen (secondary N) is 2. The standard InChI is InChI=1S/C25H29FN2O4/c1-31-19-7-6-18(21(26)14-19)15-25(12-9-24(30)28-25)11-8-23(29)27-16-22-20-5-3-2-4-17(20)10-13-32-22/h2-7,14,22H,8-13,15-16H2,1H3,(H,27,29)(H,28,30). The summed E-state index contributed by atoms with van der Waals surface area (Å²) in [6.07, 6.45) is 2.70. The largest absolute Gasteiger partial charge is 0.497 e. The van der Waals surface area contributed by atoms with Crippen molar-refractivity contribution in [3.63, 3.8) is 0 Å². The van der Waals surface area contributed by atoms with Crippen LogP contribution in [0.25, 0.3) is 0 Å². The minimum atomic E-state index is -0.627. The van der Waals surface area contributed by atoms with E-state index >= 15 is 0 Å². The quantitative estimate of drug-likeness (QED) is 0.661. The van der Waals surface area contributed by atoms with E-state index in [0.717, 1.165) is 12.0 Å². The van der Waals surface area contributed by atoms with Gasteiger partial charge in [0.2, 0.25) is 11.8 Å². The highest BCUT2D eigenvalue weighted by atomic mass is 19.1. The van der Waals surface area contributed by atoms with Crippen molar-refractivity contribution in [1.82, 2.24) is 10.6 Å². The van der Waals surface area contributed by atoms with Crippen LogP contribution in [0, 0.1) is 5.82 Å². The second-order valence-corrected chi connectivity index (χ2v) is 8.57. The Bertz CT molecular complexity index is 996. The lowest BCUT2D eigenvalue weighted by molar-refractivity contribution is -0.123. The van der Waals surface area contributed by atoms with Crippen LogP contribution in [0.15, 0.2) is 42.5 Å². The summed E-state index contributed by atoms with van der Waals surface area (Å²) in [7, 11) is 1.49. The first-order valence-electron chi connectivity index (χ1n) is 11.1. The van der Waals surface area contributed by atoms with Crippen LogP contribution in [0.2, 0.25) is 0 Å². The number of fused-ring (bicyclic) bond motifs is 1. The molecule has 32 heavy (non-hydrogen) atoms. The van der Waals surface area contributed by atoms with Gasteiger partial charge in [-0.15, -0.1) is 0 Å². The van der Waals surface area contributed by atoms with E-state index in [1.54, 1.807) is 12.1 Å². The zero-order valence-electron chi connectivity index (χ0n) is 18.3. The molecular weight excluding hydrogens is 411 g/mol. The molecule has 2 aliphatic heterocycles. The normalized spacial score (nSPS) is 22.2. The van der Waals surface area contributed by atoms with Crippen molar-refractivity contribution in [3.8, 4) is 5.75 Å². The summed E-state index contributed by atoms with van der Waals surface area (Å²) in [6, 6.07) is 12.9. The Kier molecular flexibility index (Phi) is 6.74. The van der Waals surface area contributed by atoms with Crippen molar-refractivity contribution in [3.05, 3.63) is 65.0 Å². The highest BCUT2D eigenvalue weighted by Crippen LogP contribution is 2.31. The van der Waals surface area contributed by atoms with E-state index in [-0.39, 0.29) is 30.2 Å². The second-order valence-electron chi connectivity index (χ2n) is 8.57. The Morgan fingerprint density at radius 1 is 1.28 bits per heavy atom. The molecule has 1 saturated heterocycles. The zero-order chi connectivity index (χ0) is 22.6. The molecule has 170 valence electrons. The summed E-state index contributed by atoms with van der Waals surface area (Å²) in [5.41, 5.74) is 2.25. The Morgan fingerprint density at radius 2 is 2.12 bits per heavy atom. The van der Waals surface area contributed by atoms with Crippen molar-refractivity contribution < 1.29 is 23.5 Å². The molecule has 2 aliphatic rings. The van der Waals surface area contributed by atoms with Crippen LogP contribution < -0.4 is 15.4 Å². The van der Waals surface area contributed by atoms with Gasteiger partial charge in [0.1, 0.15) is 17.7 Å². The number of hydrogen-bond acceptors (Lipinski definition) is 4. The Morgan fingerprint density at radius 3 is 2.88 bits per heavy atom. The molecule has 2 aromatic carbocycles. The predicted molar refractivity (Wildman–Crippen MR) is 118 cm³/mol. The molecular formula is C25H29FN2O4. The molecule has 6 nitrogen and oxygen atoms in total. The lowest BCUT2D eigenvalue weighted by atomic mass is 9.84. The third-order valence-corrected chi connectivity index (χ3v) is 6.43. The van der Waals surface area contributed by atoms with Gasteiger partial charge in [-0.05, 0) is 48.4 Å². The highest BCUT2D eigenvalue weighted by Gasteiger charge is 2.38. The van der Waals surface area contributed by atoms with Gasteiger partial charge < -0.3 is 20.1 Å². The first-order valence-corrected chi connectivity index (χ1v) is 11.1. The summed E-state index contributed by atoms with van der Waals surface area (Å²) in [6.45, 7) is 1.04. The Hall–Kier alpha value is -2.93. The first kappa shape index (κ1) is 22.3. The van der Waals surface area contributed by atoms with E-state index in [2.05, 4.69) is 16.7 Å². The number of carbonyl (C=O) groups excluding carboxylic acids is 2. The number of benzene rings is 2. The Balaban J connectivity index is 1.36. The van der Waals surface area contributed by atoms with E-state index in [4.69, 9.17) is 9.47 Å². The van der Waals surface area contributed by atoms with Crippen LogP contribution in [0.1, 0.15) is 48.5 Å². The topological polar surface area (TPSA) is 76.7 Å². The predicted octanol–water partition coefficient (Wildman–Crippen LogP) is 3.24. The maximum Gasteiger partial charge on any atom is 0.220 e. The molecule has 2 unspecified atom stereocenters. The molecule has 0 saturated carbocycles. The van der Waals surface area contributed by atoms with Crippen LogP contribution in [-0.4, -0.2) is 37.6 Å². The molecule has 1 fully saturated rings. The zero-order valence-corrected chi connectivity index (χ0v) is 18.3. The monoisotopic (exact) mass is 440 g/mol. The van der Waals surface area contributed by atoms with E-state index in [9.17, 15) is 14.0 Å². The maximum atomic E-state index is 14.5. The first-order chi connectivity index (χ1) is 15.5. The molecule has 4 rings (SSSR count). The summed E-state index contributed by atoms with van der Waals surface area (Å²) in [5.74, 6) is -0.0944. The van der Waals surface area contributed by atoms with Crippen LogP contribution in [0.4, 0.5) is 4.39 Å². The smallest absolute Gasteiger partial charge is 0.220 e. The average molecular weight is 441 g/mol.